The lowest BCUT2D eigenvalue weighted by atomic mass is 10.0. The molecule has 0 spiro atoms. The van der Waals surface area contributed by atoms with Gasteiger partial charge in [0.25, 0.3) is 0 Å². The zero-order valence-corrected chi connectivity index (χ0v) is 20.1. The zero-order valence-electron chi connectivity index (χ0n) is 17.8. The van der Waals surface area contributed by atoms with Crippen molar-refractivity contribution in [3.63, 3.8) is 0 Å². The van der Waals surface area contributed by atoms with E-state index in [1.165, 1.54) is 11.1 Å². The fourth-order valence-corrected chi connectivity index (χ4v) is 3.69. The molecule has 2 N–H and O–H groups in total. The number of pyridine rings is 1. The van der Waals surface area contributed by atoms with E-state index in [2.05, 4.69) is 70.8 Å². The average molecular weight is 507 g/mol. The molecule has 1 aromatic carbocycles. The van der Waals surface area contributed by atoms with E-state index in [1.54, 1.807) is 0 Å². The minimum absolute atomic E-state index is 0. The Hall–Kier alpha value is -1.83. The molecular formula is C23H34IN5. The molecule has 0 radical (unpaired) electrons. The molecule has 2 heterocycles. The largest absolute Gasteiger partial charge is 0.357 e. The topological polar surface area (TPSA) is 52.6 Å². The number of nitrogens with one attached hydrogen (secondary N) is 2. The van der Waals surface area contributed by atoms with E-state index in [1.807, 2.05) is 13.0 Å². The molecule has 1 saturated heterocycles. The van der Waals surface area contributed by atoms with Crippen LogP contribution in [-0.2, 0) is 13.0 Å². The molecule has 1 fully saturated rings. The summed E-state index contributed by atoms with van der Waals surface area (Å²) in [5, 5.41) is 7.04. The highest BCUT2D eigenvalue weighted by Gasteiger charge is 2.21. The van der Waals surface area contributed by atoms with E-state index >= 15 is 0 Å². The van der Waals surface area contributed by atoms with Gasteiger partial charge in [-0.2, -0.15) is 0 Å². The summed E-state index contributed by atoms with van der Waals surface area (Å²) in [7, 11) is 0. The summed E-state index contributed by atoms with van der Waals surface area (Å²) in [6.07, 6.45) is 3.22. The van der Waals surface area contributed by atoms with Gasteiger partial charge in [-0.3, -0.25) is 0 Å². The van der Waals surface area contributed by atoms with Crippen LogP contribution >= 0.6 is 24.0 Å². The molecule has 5 nitrogen and oxygen atoms in total. The number of aliphatic imine (C=N–C) groups is 1. The van der Waals surface area contributed by atoms with Crippen LogP contribution in [0.15, 0.2) is 47.5 Å². The van der Waals surface area contributed by atoms with Gasteiger partial charge in [-0.15, -0.1) is 24.0 Å². The average Bonchev–Trinajstić information content (AvgIpc) is 2.73. The van der Waals surface area contributed by atoms with Gasteiger partial charge < -0.3 is 15.5 Å². The van der Waals surface area contributed by atoms with Crippen molar-refractivity contribution < 1.29 is 0 Å². The number of rotatable bonds is 6. The normalized spacial score (nSPS) is 15.0. The van der Waals surface area contributed by atoms with E-state index in [0.717, 1.165) is 56.4 Å². The Bertz CT molecular complexity index is 784. The molecule has 0 aliphatic carbocycles. The summed E-state index contributed by atoms with van der Waals surface area (Å²) in [6, 6.07) is 15.3. The van der Waals surface area contributed by atoms with Crippen LogP contribution in [0.3, 0.4) is 0 Å². The summed E-state index contributed by atoms with van der Waals surface area (Å²) in [5.41, 5.74) is 3.76. The number of guanidine groups is 1. The van der Waals surface area contributed by atoms with Crippen LogP contribution in [-0.4, -0.2) is 36.6 Å². The van der Waals surface area contributed by atoms with Gasteiger partial charge in [0.2, 0.25) is 0 Å². The lowest BCUT2D eigenvalue weighted by molar-refractivity contribution is 0.459. The Kier molecular flexibility index (Phi) is 9.70. The van der Waals surface area contributed by atoms with Crippen LogP contribution in [0.2, 0.25) is 0 Å². The summed E-state index contributed by atoms with van der Waals surface area (Å²) in [5.74, 6) is 2.01. The minimum Gasteiger partial charge on any atom is -0.357 e. The third-order valence-corrected chi connectivity index (χ3v) is 5.28. The van der Waals surface area contributed by atoms with Crippen molar-refractivity contribution in [1.29, 1.82) is 0 Å². The molecule has 3 rings (SSSR count). The predicted molar refractivity (Wildman–Crippen MR) is 133 cm³/mol. The van der Waals surface area contributed by atoms with Gasteiger partial charge >= 0.3 is 0 Å². The Morgan fingerprint density at radius 2 is 1.79 bits per heavy atom. The molecule has 0 amide bonds. The second-order valence-electron chi connectivity index (χ2n) is 7.36. The maximum Gasteiger partial charge on any atom is 0.191 e. The molecule has 29 heavy (non-hydrogen) atoms. The number of aryl methyl sites for hydroxylation is 2. The number of piperidine rings is 1. The highest BCUT2D eigenvalue weighted by atomic mass is 127. The molecule has 1 aliphatic rings. The highest BCUT2D eigenvalue weighted by Crippen LogP contribution is 2.18. The summed E-state index contributed by atoms with van der Waals surface area (Å²) >= 11 is 0. The molecule has 2 aromatic rings. The lowest BCUT2D eigenvalue weighted by Crippen LogP contribution is -2.48. The highest BCUT2D eigenvalue weighted by molar-refractivity contribution is 14.0. The molecule has 0 atom stereocenters. The van der Waals surface area contributed by atoms with Crippen molar-refractivity contribution in [3.8, 4) is 0 Å². The van der Waals surface area contributed by atoms with Crippen molar-refractivity contribution in [3.05, 3.63) is 59.3 Å². The Labute approximate surface area is 192 Å². The first-order valence-corrected chi connectivity index (χ1v) is 10.5. The van der Waals surface area contributed by atoms with E-state index in [0.29, 0.717) is 12.6 Å². The third kappa shape index (κ3) is 6.87. The smallest absolute Gasteiger partial charge is 0.191 e. The van der Waals surface area contributed by atoms with Crippen LogP contribution in [0, 0.1) is 6.92 Å². The summed E-state index contributed by atoms with van der Waals surface area (Å²) in [4.78, 5) is 11.9. The first-order valence-electron chi connectivity index (χ1n) is 10.5. The van der Waals surface area contributed by atoms with Gasteiger partial charge in [-0.05, 0) is 56.4 Å². The van der Waals surface area contributed by atoms with E-state index in [-0.39, 0.29) is 24.0 Å². The van der Waals surface area contributed by atoms with E-state index < -0.39 is 0 Å². The van der Waals surface area contributed by atoms with Gasteiger partial charge in [0, 0.05) is 31.4 Å². The molecule has 1 aromatic heterocycles. The molecule has 0 saturated carbocycles. The van der Waals surface area contributed by atoms with Crippen molar-refractivity contribution >= 4 is 35.8 Å². The lowest BCUT2D eigenvalue weighted by Gasteiger charge is -2.34. The van der Waals surface area contributed by atoms with Crippen molar-refractivity contribution in [2.75, 3.05) is 24.5 Å². The number of nitrogens with zero attached hydrogens (tertiary/aromatic N) is 3. The molecular weight excluding hydrogens is 473 g/mol. The number of aromatic nitrogens is 1. The Morgan fingerprint density at radius 1 is 1.07 bits per heavy atom. The minimum atomic E-state index is 0. The van der Waals surface area contributed by atoms with E-state index in [4.69, 9.17) is 4.99 Å². The first-order chi connectivity index (χ1) is 13.7. The van der Waals surface area contributed by atoms with Crippen molar-refractivity contribution in [2.24, 2.45) is 4.99 Å². The van der Waals surface area contributed by atoms with Gasteiger partial charge in [-0.1, -0.05) is 37.3 Å². The number of hydrogen-bond donors (Lipinski definition) is 2. The Morgan fingerprint density at radius 3 is 2.45 bits per heavy atom. The fourth-order valence-electron chi connectivity index (χ4n) is 3.69. The fraction of sp³-hybridized carbons (Fsp3) is 0.478. The van der Waals surface area contributed by atoms with Crippen LogP contribution in [0.25, 0.3) is 0 Å². The van der Waals surface area contributed by atoms with Crippen LogP contribution in [0.4, 0.5) is 5.82 Å². The maximum absolute atomic E-state index is 4.84. The zero-order chi connectivity index (χ0) is 19.8. The SMILES string of the molecule is CCNC(=NCc1ccccc1CC)NC1CCN(c2cccc(C)n2)CC1.I. The van der Waals surface area contributed by atoms with Crippen LogP contribution < -0.4 is 15.5 Å². The predicted octanol–water partition coefficient (Wildman–Crippen LogP) is 4.29. The molecule has 158 valence electrons. The quantitative estimate of drug-likeness (QED) is 0.348. The Balaban J connectivity index is 0.00000300. The van der Waals surface area contributed by atoms with Crippen LogP contribution in [0.5, 0.6) is 0 Å². The number of benzene rings is 1. The molecule has 1 aliphatic heterocycles. The van der Waals surface area contributed by atoms with E-state index in [9.17, 15) is 0 Å². The monoisotopic (exact) mass is 507 g/mol. The van der Waals surface area contributed by atoms with Gasteiger partial charge in [0.05, 0.1) is 6.54 Å². The van der Waals surface area contributed by atoms with Gasteiger partial charge in [-0.25, -0.2) is 9.98 Å². The standard InChI is InChI=1S/C23H33N5.HI/c1-4-19-10-6-7-11-20(19)17-25-23(24-5-2)27-21-13-15-28(16-14-21)22-12-8-9-18(3)26-22;/h6-12,21H,4-5,13-17H2,1-3H3,(H2,24,25,27);1H. The first kappa shape index (κ1) is 23.4. The molecule has 6 heteroatoms. The number of anilines is 1. The summed E-state index contributed by atoms with van der Waals surface area (Å²) in [6.45, 7) is 9.98. The van der Waals surface area contributed by atoms with Gasteiger partial charge in [0.15, 0.2) is 5.96 Å². The van der Waals surface area contributed by atoms with Crippen molar-refractivity contribution in [2.45, 2.75) is 52.6 Å². The molecule has 0 unspecified atom stereocenters. The third-order valence-electron chi connectivity index (χ3n) is 5.28. The summed E-state index contributed by atoms with van der Waals surface area (Å²) < 4.78 is 0. The van der Waals surface area contributed by atoms with Crippen LogP contribution in [0.1, 0.15) is 43.5 Å². The second kappa shape index (κ2) is 12.0. The van der Waals surface area contributed by atoms with Gasteiger partial charge in [0.1, 0.15) is 5.82 Å². The molecule has 0 bridgehead atoms. The maximum atomic E-state index is 4.84. The number of halogens is 1. The second-order valence-corrected chi connectivity index (χ2v) is 7.36. The van der Waals surface area contributed by atoms with Crippen molar-refractivity contribution in [1.82, 2.24) is 15.6 Å². The number of hydrogen-bond acceptors (Lipinski definition) is 3.